The molecule has 0 aliphatic carbocycles. The zero-order valence-corrected chi connectivity index (χ0v) is 14.9. The van der Waals surface area contributed by atoms with Gasteiger partial charge in [0.1, 0.15) is 11.8 Å². The smallest absolute Gasteiger partial charge is 0.321 e. The van der Waals surface area contributed by atoms with Crippen molar-refractivity contribution >= 4 is 29.2 Å². The van der Waals surface area contributed by atoms with Gasteiger partial charge in [0.25, 0.3) is 0 Å². The Labute approximate surface area is 146 Å². The molecule has 1 unspecified atom stereocenters. The van der Waals surface area contributed by atoms with Gasteiger partial charge < -0.3 is 25.4 Å². The van der Waals surface area contributed by atoms with Crippen LogP contribution >= 0.6 is 11.6 Å². The minimum atomic E-state index is -1.05. The number of ether oxygens (including phenoxy) is 1. The van der Waals surface area contributed by atoms with E-state index in [0.29, 0.717) is 23.0 Å². The first kappa shape index (κ1) is 20.2. The van der Waals surface area contributed by atoms with E-state index in [2.05, 4.69) is 10.6 Å². The van der Waals surface area contributed by atoms with E-state index in [1.807, 2.05) is 19.0 Å². The van der Waals surface area contributed by atoms with Crippen molar-refractivity contribution in [2.45, 2.75) is 18.9 Å². The average molecular weight is 358 g/mol. The molecular weight excluding hydrogens is 334 g/mol. The number of halogens is 1. The Kier molecular flexibility index (Phi) is 8.53. The van der Waals surface area contributed by atoms with Crippen LogP contribution in [0.3, 0.4) is 0 Å². The summed E-state index contributed by atoms with van der Waals surface area (Å²) in [7, 11) is 5.39. The number of methoxy groups -OCH3 is 1. The second-order valence-corrected chi connectivity index (χ2v) is 6.01. The summed E-state index contributed by atoms with van der Waals surface area (Å²) >= 11 is 5.99. The van der Waals surface area contributed by atoms with Crippen LogP contribution in [0.25, 0.3) is 0 Å². The van der Waals surface area contributed by atoms with Gasteiger partial charge in [0.05, 0.1) is 18.6 Å². The first-order valence-electron chi connectivity index (χ1n) is 7.57. The zero-order chi connectivity index (χ0) is 18.1. The lowest BCUT2D eigenvalue weighted by molar-refractivity contribution is -0.141. The molecule has 1 aromatic carbocycles. The molecule has 0 saturated carbocycles. The van der Waals surface area contributed by atoms with Crippen LogP contribution in [0.1, 0.15) is 12.8 Å². The van der Waals surface area contributed by atoms with E-state index >= 15 is 0 Å². The van der Waals surface area contributed by atoms with Crippen molar-refractivity contribution in [3.8, 4) is 5.75 Å². The molecule has 0 fully saturated rings. The Balaban J connectivity index is 2.53. The van der Waals surface area contributed by atoms with Gasteiger partial charge in [0.15, 0.2) is 0 Å². The van der Waals surface area contributed by atoms with Crippen molar-refractivity contribution in [1.29, 1.82) is 0 Å². The van der Waals surface area contributed by atoms with E-state index in [9.17, 15) is 14.7 Å². The topological polar surface area (TPSA) is 90.9 Å². The molecule has 1 amide bonds. The van der Waals surface area contributed by atoms with Crippen LogP contribution in [0.15, 0.2) is 18.2 Å². The lowest BCUT2D eigenvalue weighted by Crippen LogP contribution is -2.40. The van der Waals surface area contributed by atoms with Crippen LogP contribution in [0, 0.1) is 0 Å². The molecule has 0 aliphatic rings. The maximum Gasteiger partial charge on any atom is 0.321 e. The van der Waals surface area contributed by atoms with Crippen molar-refractivity contribution in [2.75, 3.05) is 39.6 Å². The number of nitrogens with zero attached hydrogens (tertiary/aromatic N) is 1. The molecule has 0 aromatic heterocycles. The standard InChI is InChI=1S/C16H24ClN3O4/c1-20(2)8-4-7-18-13(16(22)23)10-15(21)19-11-5-6-14(24-3)12(17)9-11/h5-6,9,13,18H,4,7-8,10H2,1-3H3,(H,19,21)(H,22,23). The largest absolute Gasteiger partial charge is 0.495 e. The SMILES string of the molecule is COc1ccc(NC(=O)CC(NCCCN(C)C)C(=O)O)cc1Cl. The summed E-state index contributed by atoms with van der Waals surface area (Å²) in [5.41, 5.74) is 0.488. The molecule has 1 aromatic rings. The fourth-order valence-corrected chi connectivity index (χ4v) is 2.32. The number of hydrogen-bond acceptors (Lipinski definition) is 5. The molecule has 0 aliphatic heterocycles. The molecule has 0 spiro atoms. The Bertz CT molecular complexity index is 566. The number of carbonyl (C=O) groups excluding carboxylic acids is 1. The maximum absolute atomic E-state index is 12.0. The molecule has 0 heterocycles. The summed E-state index contributed by atoms with van der Waals surface area (Å²) in [5, 5.41) is 15.1. The summed E-state index contributed by atoms with van der Waals surface area (Å²) in [5.74, 6) is -0.952. The maximum atomic E-state index is 12.0. The number of carboxylic acids is 1. The predicted molar refractivity (Wildman–Crippen MR) is 93.8 cm³/mol. The number of nitrogens with one attached hydrogen (secondary N) is 2. The lowest BCUT2D eigenvalue weighted by Gasteiger charge is -2.16. The number of carboxylic acid groups (broad SMARTS) is 1. The quantitative estimate of drug-likeness (QED) is 0.552. The molecule has 3 N–H and O–H groups in total. The molecule has 134 valence electrons. The van der Waals surface area contributed by atoms with Gasteiger partial charge in [-0.05, 0) is 51.8 Å². The van der Waals surface area contributed by atoms with Crippen LogP contribution in [0.4, 0.5) is 5.69 Å². The highest BCUT2D eigenvalue weighted by atomic mass is 35.5. The van der Waals surface area contributed by atoms with Crippen molar-refractivity contribution < 1.29 is 19.4 Å². The number of anilines is 1. The zero-order valence-electron chi connectivity index (χ0n) is 14.1. The molecule has 8 heteroatoms. The van der Waals surface area contributed by atoms with Gasteiger partial charge >= 0.3 is 5.97 Å². The average Bonchev–Trinajstić information content (AvgIpc) is 2.50. The van der Waals surface area contributed by atoms with Crippen molar-refractivity contribution in [1.82, 2.24) is 10.2 Å². The summed E-state index contributed by atoms with van der Waals surface area (Å²) in [6.07, 6.45) is 0.632. The van der Waals surface area contributed by atoms with E-state index < -0.39 is 17.9 Å². The molecule has 0 radical (unpaired) electrons. The molecule has 1 atom stereocenters. The molecular formula is C16H24ClN3O4. The predicted octanol–water partition coefficient (Wildman–Crippen LogP) is 1.67. The van der Waals surface area contributed by atoms with E-state index in [-0.39, 0.29) is 6.42 Å². The van der Waals surface area contributed by atoms with Gasteiger partial charge in [0.2, 0.25) is 5.91 Å². The Morgan fingerprint density at radius 1 is 1.38 bits per heavy atom. The van der Waals surface area contributed by atoms with Gasteiger partial charge in [-0.15, -0.1) is 0 Å². The number of carbonyl (C=O) groups is 2. The second kappa shape index (κ2) is 10.1. The van der Waals surface area contributed by atoms with E-state index in [1.165, 1.54) is 7.11 Å². The van der Waals surface area contributed by atoms with Gasteiger partial charge in [0, 0.05) is 5.69 Å². The summed E-state index contributed by atoms with van der Waals surface area (Å²) in [4.78, 5) is 25.3. The van der Waals surface area contributed by atoms with Gasteiger partial charge in [-0.25, -0.2) is 0 Å². The van der Waals surface area contributed by atoms with Crippen LogP contribution < -0.4 is 15.4 Å². The van der Waals surface area contributed by atoms with Crippen molar-refractivity contribution in [3.63, 3.8) is 0 Å². The number of aliphatic carboxylic acids is 1. The highest BCUT2D eigenvalue weighted by Crippen LogP contribution is 2.27. The highest BCUT2D eigenvalue weighted by molar-refractivity contribution is 6.32. The number of amides is 1. The van der Waals surface area contributed by atoms with Gasteiger partial charge in [-0.2, -0.15) is 0 Å². The third kappa shape index (κ3) is 7.16. The molecule has 0 bridgehead atoms. The van der Waals surface area contributed by atoms with Crippen molar-refractivity contribution in [2.24, 2.45) is 0 Å². The van der Waals surface area contributed by atoms with Crippen LogP contribution in [-0.2, 0) is 9.59 Å². The monoisotopic (exact) mass is 357 g/mol. The molecule has 1 rings (SSSR count). The number of hydrogen-bond donors (Lipinski definition) is 3. The lowest BCUT2D eigenvalue weighted by atomic mass is 10.2. The van der Waals surface area contributed by atoms with Gasteiger partial charge in [-0.1, -0.05) is 11.6 Å². The Morgan fingerprint density at radius 2 is 2.08 bits per heavy atom. The van der Waals surface area contributed by atoms with E-state index in [4.69, 9.17) is 16.3 Å². The fraction of sp³-hybridized carbons (Fsp3) is 0.500. The third-order valence-electron chi connectivity index (χ3n) is 3.30. The minimum absolute atomic E-state index is 0.166. The van der Waals surface area contributed by atoms with E-state index in [0.717, 1.165) is 13.0 Å². The molecule has 24 heavy (non-hydrogen) atoms. The van der Waals surface area contributed by atoms with Crippen molar-refractivity contribution in [3.05, 3.63) is 23.2 Å². The highest BCUT2D eigenvalue weighted by Gasteiger charge is 2.20. The molecule has 0 saturated heterocycles. The summed E-state index contributed by atoms with van der Waals surface area (Å²) in [6, 6.07) is 3.90. The van der Waals surface area contributed by atoms with E-state index in [1.54, 1.807) is 18.2 Å². The summed E-state index contributed by atoms with van der Waals surface area (Å²) < 4.78 is 5.04. The second-order valence-electron chi connectivity index (χ2n) is 5.60. The first-order chi connectivity index (χ1) is 11.3. The van der Waals surface area contributed by atoms with Crippen LogP contribution in [0.5, 0.6) is 5.75 Å². The summed E-state index contributed by atoms with van der Waals surface area (Å²) in [6.45, 7) is 1.37. The van der Waals surface area contributed by atoms with Gasteiger partial charge in [-0.3, -0.25) is 9.59 Å². The Hall–Kier alpha value is -1.83. The Morgan fingerprint density at radius 3 is 2.62 bits per heavy atom. The van der Waals surface area contributed by atoms with Crippen LogP contribution in [0.2, 0.25) is 5.02 Å². The fourth-order valence-electron chi connectivity index (χ4n) is 2.06. The molecule has 7 nitrogen and oxygen atoms in total. The first-order valence-corrected chi connectivity index (χ1v) is 7.95. The minimum Gasteiger partial charge on any atom is -0.495 e. The third-order valence-corrected chi connectivity index (χ3v) is 3.59. The number of rotatable bonds is 10. The normalized spacial score (nSPS) is 12.0. The van der Waals surface area contributed by atoms with Crippen LogP contribution in [-0.4, -0.2) is 62.2 Å². The number of benzene rings is 1.